The van der Waals surface area contributed by atoms with Gasteiger partial charge in [-0.1, -0.05) is 158 Å². The van der Waals surface area contributed by atoms with Gasteiger partial charge in [0, 0.05) is 28.0 Å². The second kappa shape index (κ2) is 14.1. The molecule has 0 radical (unpaired) electrons. The van der Waals surface area contributed by atoms with E-state index in [1.54, 1.807) is 0 Å². The fraction of sp³-hybridized carbons (Fsp3) is 0. The van der Waals surface area contributed by atoms with E-state index in [2.05, 4.69) is 211 Å². The van der Waals surface area contributed by atoms with Crippen LogP contribution in [0.1, 0.15) is 0 Å². The number of benzene rings is 10. The Morgan fingerprint density at radius 2 is 0.845 bits per heavy atom. The van der Waals surface area contributed by atoms with Gasteiger partial charge in [0.1, 0.15) is 11.3 Å². The van der Waals surface area contributed by atoms with Crippen LogP contribution in [0.25, 0.3) is 88.0 Å². The van der Waals surface area contributed by atoms with Crippen LogP contribution in [0.5, 0.6) is 0 Å². The zero-order valence-electron chi connectivity index (χ0n) is 31.7. The van der Waals surface area contributed by atoms with Gasteiger partial charge < -0.3 is 9.32 Å². The normalized spacial score (nSPS) is 11.4. The number of nitrogens with zero attached hydrogens (tertiary/aromatic N) is 1. The van der Waals surface area contributed by atoms with Gasteiger partial charge in [0.05, 0.1) is 0 Å². The van der Waals surface area contributed by atoms with Crippen molar-refractivity contribution >= 4 is 60.3 Å². The molecule has 0 unspecified atom stereocenters. The lowest BCUT2D eigenvalue weighted by molar-refractivity contribution is 0.631. The van der Waals surface area contributed by atoms with Crippen LogP contribution in [-0.4, -0.2) is 0 Å². The molecule has 2 nitrogen and oxygen atoms in total. The summed E-state index contributed by atoms with van der Waals surface area (Å²) >= 11 is 0. The number of hydrogen-bond acceptors (Lipinski definition) is 2. The Labute approximate surface area is 337 Å². The molecule has 272 valence electrons. The number of para-hydroxylation sites is 1. The maximum absolute atomic E-state index is 6.34. The molecule has 58 heavy (non-hydrogen) atoms. The highest BCUT2D eigenvalue weighted by atomic mass is 16.3. The molecule has 0 amide bonds. The SMILES string of the molecule is c1cc(-c2ccc(N(c3ccc(-c4cc5ccccc5c5ccccc45)cc3)c3cccc(-c4cc5ccccc5o4)c3)cc2)cc(-c2ccc3ccccc3c2)c1. The average molecular weight is 740 g/mol. The first-order chi connectivity index (χ1) is 28.7. The monoisotopic (exact) mass is 739 g/mol. The smallest absolute Gasteiger partial charge is 0.135 e. The molecule has 0 spiro atoms. The Kier molecular flexibility index (Phi) is 8.19. The molecule has 0 saturated carbocycles. The highest BCUT2D eigenvalue weighted by Gasteiger charge is 2.17. The van der Waals surface area contributed by atoms with Crippen molar-refractivity contribution in [3.05, 3.63) is 224 Å². The van der Waals surface area contributed by atoms with Crippen LogP contribution in [0.2, 0.25) is 0 Å². The zero-order chi connectivity index (χ0) is 38.4. The highest BCUT2D eigenvalue weighted by Crippen LogP contribution is 2.41. The van der Waals surface area contributed by atoms with Gasteiger partial charge >= 0.3 is 0 Å². The van der Waals surface area contributed by atoms with E-state index in [1.807, 2.05) is 18.2 Å². The van der Waals surface area contributed by atoms with E-state index in [0.29, 0.717) is 0 Å². The third-order valence-electron chi connectivity index (χ3n) is 11.4. The average Bonchev–Trinajstić information content (AvgIpc) is 3.74. The minimum absolute atomic E-state index is 0.850. The maximum Gasteiger partial charge on any atom is 0.135 e. The van der Waals surface area contributed by atoms with Crippen molar-refractivity contribution < 1.29 is 4.42 Å². The minimum atomic E-state index is 0.850. The molecular weight excluding hydrogens is 703 g/mol. The van der Waals surface area contributed by atoms with Crippen molar-refractivity contribution in [2.45, 2.75) is 0 Å². The maximum atomic E-state index is 6.34. The summed E-state index contributed by atoms with van der Waals surface area (Å²) in [6, 6.07) is 80.7. The van der Waals surface area contributed by atoms with Gasteiger partial charge in [0.2, 0.25) is 0 Å². The molecule has 0 aliphatic rings. The second-order valence-electron chi connectivity index (χ2n) is 15.0. The van der Waals surface area contributed by atoms with Crippen molar-refractivity contribution in [2.24, 2.45) is 0 Å². The first-order valence-corrected chi connectivity index (χ1v) is 19.8. The van der Waals surface area contributed by atoms with Gasteiger partial charge in [0.25, 0.3) is 0 Å². The van der Waals surface area contributed by atoms with Crippen LogP contribution >= 0.6 is 0 Å². The molecule has 10 aromatic carbocycles. The summed E-state index contributed by atoms with van der Waals surface area (Å²) < 4.78 is 6.34. The summed E-state index contributed by atoms with van der Waals surface area (Å²) in [5.74, 6) is 0.850. The summed E-state index contributed by atoms with van der Waals surface area (Å²) in [4.78, 5) is 2.34. The predicted octanol–water partition coefficient (Wildman–Crippen LogP) is 16.0. The second-order valence-corrected chi connectivity index (χ2v) is 15.0. The molecule has 2 heteroatoms. The van der Waals surface area contributed by atoms with E-state index < -0.39 is 0 Å². The van der Waals surface area contributed by atoms with Crippen LogP contribution in [0.3, 0.4) is 0 Å². The molecule has 0 saturated heterocycles. The molecule has 0 atom stereocenters. The van der Waals surface area contributed by atoms with Crippen molar-refractivity contribution in [3.63, 3.8) is 0 Å². The molecule has 0 bridgehead atoms. The topological polar surface area (TPSA) is 16.4 Å². The third-order valence-corrected chi connectivity index (χ3v) is 11.4. The van der Waals surface area contributed by atoms with Gasteiger partial charge in [-0.25, -0.2) is 0 Å². The number of fused-ring (bicyclic) bond motifs is 5. The Balaban J connectivity index is 0.990. The van der Waals surface area contributed by atoms with Crippen LogP contribution in [0.15, 0.2) is 229 Å². The van der Waals surface area contributed by atoms with E-state index in [4.69, 9.17) is 4.42 Å². The Morgan fingerprint density at radius 1 is 0.276 bits per heavy atom. The fourth-order valence-corrected chi connectivity index (χ4v) is 8.50. The lowest BCUT2D eigenvalue weighted by Gasteiger charge is -2.26. The Bertz CT molecular complexity index is 3250. The molecule has 0 aliphatic heterocycles. The van der Waals surface area contributed by atoms with E-state index in [0.717, 1.165) is 39.4 Å². The quantitative estimate of drug-likeness (QED) is 0.151. The summed E-state index contributed by atoms with van der Waals surface area (Å²) in [6.45, 7) is 0. The molecule has 0 fully saturated rings. The first-order valence-electron chi connectivity index (χ1n) is 19.8. The number of rotatable bonds is 7. The van der Waals surface area contributed by atoms with Crippen molar-refractivity contribution in [2.75, 3.05) is 4.90 Å². The summed E-state index contributed by atoms with van der Waals surface area (Å²) in [6.07, 6.45) is 0. The molecule has 11 aromatic rings. The van der Waals surface area contributed by atoms with Crippen LogP contribution in [-0.2, 0) is 0 Å². The molecule has 0 aliphatic carbocycles. The van der Waals surface area contributed by atoms with Crippen LogP contribution < -0.4 is 4.90 Å². The largest absolute Gasteiger partial charge is 0.456 e. The molecule has 1 aromatic heterocycles. The number of anilines is 3. The van der Waals surface area contributed by atoms with Crippen molar-refractivity contribution in [1.82, 2.24) is 0 Å². The number of furan rings is 1. The van der Waals surface area contributed by atoms with Crippen molar-refractivity contribution in [3.8, 4) is 44.7 Å². The van der Waals surface area contributed by atoms with E-state index in [-0.39, 0.29) is 0 Å². The van der Waals surface area contributed by atoms with Crippen LogP contribution in [0, 0.1) is 0 Å². The predicted molar refractivity (Wildman–Crippen MR) is 245 cm³/mol. The van der Waals surface area contributed by atoms with Crippen LogP contribution in [0.4, 0.5) is 17.1 Å². The van der Waals surface area contributed by atoms with E-state index >= 15 is 0 Å². The molecule has 0 N–H and O–H groups in total. The van der Waals surface area contributed by atoms with Crippen molar-refractivity contribution in [1.29, 1.82) is 0 Å². The van der Waals surface area contributed by atoms with E-state index in [1.165, 1.54) is 65.7 Å². The molecule has 11 rings (SSSR count). The van der Waals surface area contributed by atoms with Gasteiger partial charge in [0.15, 0.2) is 0 Å². The fourth-order valence-electron chi connectivity index (χ4n) is 8.50. The molecular formula is C56H37NO. The lowest BCUT2D eigenvalue weighted by Crippen LogP contribution is -2.10. The Hall–Kier alpha value is -7.68. The van der Waals surface area contributed by atoms with E-state index in [9.17, 15) is 0 Å². The van der Waals surface area contributed by atoms with Gasteiger partial charge in [-0.3, -0.25) is 0 Å². The lowest BCUT2D eigenvalue weighted by atomic mass is 9.93. The zero-order valence-corrected chi connectivity index (χ0v) is 31.7. The summed E-state index contributed by atoms with van der Waals surface area (Å²) in [7, 11) is 0. The molecule has 1 heterocycles. The third kappa shape index (κ3) is 6.09. The standard InChI is InChI=1S/C56H37NO/c1-2-12-41-34-44(24-23-38(41)11-1)43-16-9-15-42(33-43)39-25-29-48(30-26-39)57(50-18-10-17-46(35-50)56-37-47-14-4-8-22-55(47)58-56)49-31-27-40(28-32-49)54-36-45-13-3-5-19-51(45)52-20-6-7-21-53(52)54/h1-37H. The van der Waals surface area contributed by atoms with Gasteiger partial charge in [-0.15, -0.1) is 0 Å². The minimum Gasteiger partial charge on any atom is -0.456 e. The van der Waals surface area contributed by atoms with Gasteiger partial charge in [-0.05, 0) is 132 Å². The first kappa shape index (κ1) is 33.6. The summed E-state index contributed by atoms with van der Waals surface area (Å²) in [5, 5.41) is 8.64. The Morgan fingerprint density at radius 3 is 1.62 bits per heavy atom. The van der Waals surface area contributed by atoms with Gasteiger partial charge in [-0.2, -0.15) is 0 Å². The number of hydrogen-bond donors (Lipinski definition) is 0. The highest BCUT2D eigenvalue weighted by molar-refractivity contribution is 6.13. The summed E-state index contributed by atoms with van der Waals surface area (Å²) in [5.41, 5.74) is 12.3.